The van der Waals surface area contributed by atoms with Crippen molar-refractivity contribution in [1.29, 1.82) is 0 Å². The molecule has 1 fully saturated rings. The van der Waals surface area contributed by atoms with Crippen LogP contribution in [-0.4, -0.2) is 67.6 Å². The lowest BCUT2D eigenvalue weighted by molar-refractivity contribution is -0.0911. The van der Waals surface area contributed by atoms with Crippen LogP contribution in [0.2, 0.25) is 0 Å². The molecule has 7 heteroatoms. The van der Waals surface area contributed by atoms with E-state index in [4.69, 9.17) is 0 Å². The highest BCUT2D eigenvalue weighted by Gasteiger charge is 2.47. The Hall–Kier alpha value is -1.12. The highest BCUT2D eigenvalue weighted by Crippen LogP contribution is 2.39. The molecule has 1 amide bonds. The molecule has 4 N–H and O–H groups in total. The van der Waals surface area contributed by atoms with Crippen LogP contribution in [0.4, 0.5) is 0 Å². The molecule has 0 aliphatic carbocycles. The smallest absolute Gasteiger partial charge is 0.256 e. The van der Waals surface area contributed by atoms with E-state index in [1.807, 2.05) is 0 Å². The van der Waals surface area contributed by atoms with Gasteiger partial charge in [0.15, 0.2) is 0 Å². The number of carbonyl (C=O) groups is 1. The summed E-state index contributed by atoms with van der Waals surface area (Å²) in [5, 5.41) is 38.9. The van der Waals surface area contributed by atoms with Crippen molar-refractivity contribution in [2.75, 3.05) is 6.54 Å². The second kappa shape index (κ2) is 5.01. The molecular weight excluding hydrogens is 282 g/mol. The number of aliphatic hydroxyl groups excluding tert-OH is 4. The standard InChI is InChI=1S/C13H15NO5S/c15-7-5-14-12(19)6-3-1-2-4-8(6)20-13(14)11(18)10(17)9(7)16/h1-4,7,9-11,13,15-18H,5H2/t7-,9+,10+,11-,13+/m1/s1. The number of fused-ring (bicyclic) bond motifs is 2. The fraction of sp³-hybridized carbons (Fsp3) is 0.462. The fourth-order valence-corrected chi connectivity index (χ4v) is 3.87. The summed E-state index contributed by atoms with van der Waals surface area (Å²) in [4.78, 5) is 14.5. The third-order valence-corrected chi connectivity index (χ3v) is 5.09. The normalized spacial score (nSPS) is 37.1. The number of aliphatic hydroxyl groups is 4. The lowest BCUT2D eigenvalue weighted by Crippen LogP contribution is -2.50. The third-order valence-electron chi connectivity index (χ3n) is 3.70. The van der Waals surface area contributed by atoms with E-state index >= 15 is 0 Å². The van der Waals surface area contributed by atoms with Crippen LogP contribution in [0.1, 0.15) is 10.4 Å². The van der Waals surface area contributed by atoms with E-state index in [0.29, 0.717) is 5.56 Å². The van der Waals surface area contributed by atoms with Crippen LogP contribution in [0.3, 0.4) is 0 Å². The van der Waals surface area contributed by atoms with Gasteiger partial charge in [-0.15, -0.1) is 0 Å². The fourth-order valence-electron chi connectivity index (χ4n) is 2.56. The first-order chi connectivity index (χ1) is 9.50. The minimum Gasteiger partial charge on any atom is -0.388 e. The summed E-state index contributed by atoms with van der Waals surface area (Å²) in [6.07, 6.45) is -5.60. The van der Waals surface area contributed by atoms with Gasteiger partial charge in [-0.25, -0.2) is 0 Å². The molecule has 2 heterocycles. The second-order valence-electron chi connectivity index (χ2n) is 5.00. The van der Waals surface area contributed by atoms with Crippen molar-refractivity contribution in [3.05, 3.63) is 29.8 Å². The molecule has 2 aliphatic heterocycles. The molecule has 0 aromatic heterocycles. The van der Waals surface area contributed by atoms with Crippen molar-refractivity contribution in [3.63, 3.8) is 0 Å². The average Bonchev–Trinajstić information content (AvgIpc) is 2.53. The third kappa shape index (κ3) is 2.02. The Balaban J connectivity index is 2.02. The van der Waals surface area contributed by atoms with Gasteiger partial charge in [-0.2, -0.15) is 0 Å². The van der Waals surface area contributed by atoms with Gasteiger partial charge in [0.1, 0.15) is 29.8 Å². The molecule has 0 radical (unpaired) electrons. The van der Waals surface area contributed by atoms with Gasteiger partial charge in [0, 0.05) is 4.90 Å². The molecular formula is C13H15NO5S. The number of amides is 1. The number of hydrogen-bond donors (Lipinski definition) is 4. The van der Waals surface area contributed by atoms with E-state index < -0.39 is 29.8 Å². The summed E-state index contributed by atoms with van der Waals surface area (Å²) in [7, 11) is 0. The summed E-state index contributed by atoms with van der Waals surface area (Å²) < 4.78 is 0. The van der Waals surface area contributed by atoms with Gasteiger partial charge in [0.05, 0.1) is 12.1 Å². The molecule has 3 rings (SSSR count). The Kier molecular flexibility index (Phi) is 3.47. The molecule has 20 heavy (non-hydrogen) atoms. The maximum atomic E-state index is 12.4. The van der Waals surface area contributed by atoms with Crippen LogP contribution in [0.15, 0.2) is 29.2 Å². The van der Waals surface area contributed by atoms with Crippen LogP contribution in [0, 0.1) is 0 Å². The average molecular weight is 297 g/mol. The number of carbonyl (C=O) groups excluding carboxylic acids is 1. The molecule has 5 atom stereocenters. The Morgan fingerprint density at radius 3 is 2.50 bits per heavy atom. The summed E-state index contributed by atoms with van der Waals surface area (Å²) in [6, 6.07) is 6.98. The van der Waals surface area contributed by atoms with E-state index in [1.165, 1.54) is 16.7 Å². The summed E-state index contributed by atoms with van der Waals surface area (Å²) in [6.45, 7) is -0.125. The van der Waals surface area contributed by atoms with E-state index in [1.54, 1.807) is 24.3 Å². The van der Waals surface area contributed by atoms with Gasteiger partial charge in [0.25, 0.3) is 5.91 Å². The number of hydrogen-bond acceptors (Lipinski definition) is 6. The van der Waals surface area contributed by atoms with E-state index in [-0.39, 0.29) is 12.5 Å². The Morgan fingerprint density at radius 2 is 1.75 bits per heavy atom. The predicted octanol–water partition coefficient (Wildman–Crippen LogP) is -0.982. The van der Waals surface area contributed by atoms with Crippen LogP contribution < -0.4 is 0 Å². The van der Waals surface area contributed by atoms with Crippen LogP contribution in [-0.2, 0) is 0 Å². The van der Waals surface area contributed by atoms with Crippen molar-refractivity contribution < 1.29 is 25.2 Å². The summed E-state index contributed by atoms with van der Waals surface area (Å²) in [5.41, 5.74) is 0.499. The van der Waals surface area contributed by atoms with Crippen molar-refractivity contribution >= 4 is 17.7 Å². The van der Waals surface area contributed by atoms with Crippen molar-refractivity contribution in [1.82, 2.24) is 4.90 Å². The zero-order valence-corrected chi connectivity index (χ0v) is 11.3. The minimum atomic E-state index is -1.49. The minimum absolute atomic E-state index is 0.125. The maximum absolute atomic E-state index is 12.4. The first-order valence-corrected chi connectivity index (χ1v) is 7.17. The van der Waals surface area contributed by atoms with E-state index in [2.05, 4.69) is 0 Å². The van der Waals surface area contributed by atoms with Gasteiger partial charge >= 0.3 is 0 Å². The first-order valence-electron chi connectivity index (χ1n) is 6.29. The molecule has 0 unspecified atom stereocenters. The Labute approximate surface area is 119 Å². The van der Waals surface area contributed by atoms with Crippen LogP contribution in [0.25, 0.3) is 0 Å². The van der Waals surface area contributed by atoms with Crippen LogP contribution >= 0.6 is 11.8 Å². The van der Waals surface area contributed by atoms with Crippen molar-refractivity contribution in [2.45, 2.75) is 34.7 Å². The molecule has 0 spiro atoms. The maximum Gasteiger partial charge on any atom is 0.256 e. The predicted molar refractivity (Wildman–Crippen MR) is 71.2 cm³/mol. The zero-order chi connectivity index (χ0) is 14.4. The highest BCUT2D eigenvalue weighted by molar-refractivity contribution is 8.00. The van der Waals surface area contributed by atoms with Crippen LogP contribution in [0.5, 0.6) is 0 Å². The molecule has 0 bridgehead atoms. The highest BCUT2D eigenvalue weighted by atomic mass is 32.2. The molecule has 108 valence electrons. The lowest BCUT2D eigenvalue weighted by atomic mass is 10.1. The number of thioether (sulfide) groups is 1. The largest absolute Gasteiger partial charge is 0.388 e. The van der Waals surface area contributed by atoms with Gasteiger partial charge in [-0.05, 0) is 12.1 Å². The molecule has 1 aromatic carbocycles. The Bertz CT molecular complexity index is 539. The molecule has 1 aromatic rings. The SMILES string of the molecule is O=C1c2ccccc2S[C@H]2[C@H](O)[C@@H](O)[C@@H](O)[C@H](O)CN12. The molecule has 6 nitrogen and oxygen atoms in total. The topological polar surface area (TPSA) is 101 Å². The molecule has 2 aliphatic rings. The quantitative estimate of drug-likeness (QED) is 0.491. The second-order valence-corrected chi connectivity index (χ2v) is 6.16. The first kappa shape index (κ1) is 13.8. The van der Waals surface area contributed by atoms with Gasteiger partial charge < -0.3 is 25.3 Å². The lowest BCUT2D eigenvalue weighted by Gasteiger charge is -2.37. The number of benzene rings is 1. The number of nitrogens with zero attached hydrogens (tertiary/aromatic N) is 1. The molecule has 1 saturated heterocycles. The summed E-state index contributed by atoms with van der Waals surface area (Å²) in [5.74, 6) is -0.316. The van der Waals surface area contributed by atoms with Crippen molar-refractivity contribution in [2.24, 2.45) is 0 Å². The van der Waals surface area contributed by atoms with Gasteiger partial charge in [-0.3, -0.25) is 4.79 Å². The van der Waals surface area contributed by atoms with E-state index in [9.17, 15) is 25.2 Å². The van der Waals surface area contributed by atoms with Gasteiger partial charge in [-0.1, -0.05) is 23.9 Å². The monoisotopic (exact) mass is 297 g/mol. The number of rotatable bonds is 0. The molecule has 0 saturated carbocycles. The summed E-state index contributed by atoms with van der Waals surface area (Å²) >= 11 is 1.25. The Morgan fingerprint density at radius 1 is 1.05 bits per heavy atom. The van der Waals surface area contributed by atoms with Crippen molar-refractivity contribution in [3.8, 4) is 0 Å². The van der Waals surface area contributed by atoms with Gasteiger partial charge in [0.2, 0.25) is 0 Å². The zero-order valence-electron chi connectivity index (χ0n) is 10.5. The van der Waals surface area contributed by atoms with E-state index in [0.717, 1.165) is 4.90 Å².